The smallest absolute Gasteiger partial charge is 0.251 e. The average Bonchev–Trinajstić information content (AvgIpc) is 3.39. The fourth-order valence-electron chi connectivity index (χ4n) is 3.64. The maximum absolute atomic E-state index is 14.7. The van der Waals surface area contributed by atoms with E-state index in [1.165, 1.54) is 6.20 Å². The number of ketones is 1. The van der Waals surface area contributed by atoms with Crippen molar-refractivity contribution in [2.45, 2.75) is 0 Å². The first-order valence-corrected chi connectivity index (χ1v) is 9.18. The molecule has 0 saturated heterocycles. The lowest BCUT2D eigenvalue weighted by molar-refractivity contribution is 0.0996. The van der Waals surface area contributed by atoms with E-state index in [1.807, 2.05) is 18.2 Å². The Hall–Kier alpha value is -4.40. The third-order valence-corrected chi connectivity index (χ3v) is 5.16. The molecule has 0 saturated carbocycles. The third-order valence-electron chi connectivity index (χ3n) is 5.16. The van der Waals surface area contributed by atoms with Crippen molar-refractivity contribution < 1.29 is 18.4 Å². The van der Waals surface area contributed by atoms with Gasteiger partial charge in [0.05, 0.1) is 22.8 Å². The molecule has 2 aromatic carbocycles. The summed E-state index contributed by atoms with van der Waals surface area (Å²) in [6.45, 7) is 0. The molecule has 0 aliphatic rings. The van der Waals surface area contributed by atoms with Crippen LogP contribution in [0.1, 0.15) is 26.3 Å². The topological polar surface area (TPSA) is 118 Å². The molecule has 0 atom stereocenters. The van der Waals surface area contributed by atoms with Gasteiger partial charge in [-0.3, -0.25) is 14.7 Å². The number of aromatic amines is 2. The summed E-state index contributed by atoms with van der Waals surface area (Å²) in [6, 6.07) is 9.06. The number of nitrogens with two attached hydrogens (primary N) is 1. The van der Waals surface area contributed by atoms with Gasteiger partial charge < -0.3 is 10.7 Å². The Morgan fingerprint density at radius 2 is 1.84 bits per heavy atom. The lowest BCUT2D eigenvalue weighted by Crippen LogP contribution is -2.17. The zero-order chi connectivity index (χ0) is 21.7. The van der Waals surface area contributed by atoms with E-state index in [0.717, 1.165) is 28.6 Å². The number of amides is 1. The van der Waals surface area contributed by atoms with Crippen LogP contribution in [-0.4, -0.2) is 31.9 Å². The van der Waals surface area contributed by atoms with Crippen LogP contribution in [0.2, 0.25) is 0 Å². The van der Waals surface area contributed by atoms with Gasteiger partial charge in [0.2, 0.25) is 5.78 Å². The molecule has 0 radical (unpaired) electrons. The van der Waals surface area contributed by atoms with Gasteiger partial charge in [-0.1, -0.05) is 12.1 Å². The van der Waals surface area contributed by atoms with Gasteiger partial charge in [-0.2, -0.15) is 5.10 Å². The second-order valence-corrected chi connectivity index (χ2v) is 6.94. The van der Waals surface area contributed by atoms with Crippen molar-refractivity contribution in [3.8, 4) is 11.1 Å². The van der Waals surface area contributed by atoms with E-state index in [4.69, 9.17) is 5.73 Å². The molecule has 0 aliphatic carbocycles. The molecule has 1 amide bonds. The van der Waals surface area contributed by atoms with Crippen molar-refractivity contribution in [2.24, 2.45) is 5.73 Å². The van der Waals surface area contributed by atoms with Crippen LogP contribution in [0.3, 0.4) is 0 Å². The number of primary amides is 1. The molecule has 7 nitrogen and oxygen atoms in total. The van der Waals surface area contributed by atoms with Crippen molar-refractivity contribution in [3.63, 3.8) is 0 Å². The monoisotopic (exact) mass is 417 g/mol. The highest BCUT2D eigenvalue weighted by molar-refractivity contribution is 6.17. The highest BCUT2D eigenvalue weighted by Crippen LogP contribution is 2.31. The molecule has 0 fully saturated rings. The van der Waals surface area contributed by atoms with Crippen molar-refractivity contribution in [1.82, 2.24) is 20.2 Å². The Morgan fingerprint density at radius 3 is 2.65 bits per heavy atom. The molecular weight excluding hydrogens is 404 g/mol. The van der Waals surface area contributed by atoms with E-state index in [9.17, 15) is 18.4 Å². The molecule has 152 valence electrons. The van der Waals surface area contributed by atoms with Crippen LogP contribution >= 0.6 is 0 Å². The second kappa shape index (κ2) is 6.84. The number of nitrogens with one attached hydrogen (secondary N) is 2. The standard InChI is InChI=1S/C22H13F2N5O2/c23-16-5-4-12(21(25)31)19(24)18(16)20(30)15-8-27-22-13(15)6-10(7-26-22)11-2-1-3-17-14(11)9-28-29-17/h1-9H,(H2,25,31)(H,26,27)(H,28,29). The first-order valence-electron chi connectivity index (χ1n) is 9.18. The predicted molar refractivity (Wildman–Crippen MR) is 109 cm³/mol. The summed E-state index contributed by atoms with van der Waals surface area (Å²) in [5.41, 5.74) is 6.46. The zero-order valence-electron chi connectivity index (χ0n) is 15.7. The fraction of sp³-hybridized carbons (Fsp3) is 0. The normalized spacial score (nSPS) is 11.3. The first kappa shape index (κ1) is 18.6. The Labute approximate surface area is 172 Å². The highest BCUT2D eigenvalue weighted by Gasteiger charge is 2.26. The predicted octanol–water partition coefficient (Wildman–Crippen LogP) is 3.71. The number of benzene rings is 2. The van der Waals surface area contributed by atoms with Crippen LogP contribution in [0, 0.1) is 11.6 Å². The van der Waals surface area contributed by atoms with E-state index >= 15 is 0 Å². The summed E-state index contributed by atoms with van der Waals surface area (Å²) >= 11 is 0. The van der Waals surface area contributed by atoms with Gasteiger partial charge >= 0.3 is 0 Å². The largest absolute Gasteiger partial charge is 0.366 e. The summed E-state index contributed by atoms with van der Waals surface area (Å²) in [7, 11) is 0. The molecule has 9 heteroatoms. The quantitative estimate of drug-likeness (QED) is 0.386. The number of hydrogen-bond acceptors (Lipinski definition) is 4. The van der Waals surface area contributed by atoms with Crippen LogP contribution in [0.15, 0.2) is 55.0 Å². The van der Waals surface area contributed by atoms with Crippen LogP contribution in [0.5, 0.6) is 0 Å². The highest BCUT2D eigenvalue weighted by atomic mass is 19.1. The minimum atomic E-state index is -1.29. The van der Waals surface area contributed by atoms with Gasteiger partial charge in [0.15, 0.2) is 0 Å². The molecule has 5 aromatic rings. The van der Waals surface area contributed by atoms with Crippen LogP contribution in [0.25, 0.3) is 33.1 Å². The number of H-pyrrole nitrogens is 2. The maximum atomic E-state index is 14.7. The molecule has 5 rings (SSSR count). The number of fused-ring (bicyclic) bond motifs is 2. The second-order valence-electron chi connectivity index (χ2n) is 6.94. The molecule has 0 unspecified atom stereocenters. The van der Waals surface area contributed by atoms with Crippen molar-refractivity contribution >= 4 is 33.6 Å². The molecule has 4 N–H and O–H groups in total. The number of hydrogen-bond donors (Lipinski definition) is 3. The van der Waals surface area contributed by atoms with E-state index in [-0.39, 0.29) is 5.56 Å². The van der Waals surface area contributed by atoms with E-state index in [0.29, 0.717) is 16.6 Å². The van der Waals surface area contributed by atoms with E-state index in [1.54, 1.807) is 18.5 Å². The molecule has 3 aromatic heterocycles. The van der Waals surface area contributed by atoms with Gasteiger partial charge in [0, 0.05) is 34.3 Å². The van der Waals surface area contributed by atoms with Gasteiger partial charge in [-0.15, -0.1) is 0 Å². The summed E-state index contributed by atoms with van der Waals surface area (Å²) in [5, 5.41) is 8.17. The number of aromatic nitrogens is 4. The lowest BCUT2D eigenvalue weighted by atomic mass is 9.97. The van der Waals surface area contributed by atoms with Crippen molar-refractivity contribution in [1.29, 1.82) is 0 Å². The zero-order valence-corrected chi connectivity index (χ0v) is 15.7. The molecule has 0 bridgehead atoms. The third kappa shape index (κ3) is 2.86. The minimum absolute atomic E-state index is 0.0168. The number of carbonyl (C=O) groups excluding carboxylic acids is 2. The minimum Gasteiger partial charge on any atom is -0.366 e. The maximum Gasteiger partial charge on any atom is 0.251 e. The Morgan fingerprint density at radius 1 is 1.00 bits per heavy atom. The van der Waals surface area contributed by atoms with E-state index < -0.39 is 34.5 Å². The molecule has 0 aliphatic heterocycles. The lowest BCUT2D eigenvalue weighted by Gasteiger charge is -2.07. The fourth-order valence-corrected chi connectivity index (χ4v) is 3.64. The van der Waals surface area contributed by atoms with Crippen LogP contribution < -0.4 is 5.73 Å². The molecule has 31 heavy (non-hydrogen) atoms. The van der Waals surface area contributed by atoms with Crippen molar-refractivity contribution in [3.05, 3.63) is 83.3 Å². The van der Waals surface area contributed by atoms with Crippen molar-refractivity contribution in [2.75, 3.05) is 0 Å². The number of nitrogens with zero attached hydrogens (tertiary/aromatic N) is 2. The van der Waals surface area contributed by atoms with Crippen LogP contribution in [0.4, 0.5) is 8.78 Å². The first-order chi connectivity index (χ1) is 15.0. The summed E-state index contributed by atoms with van der Waals surface area (Å²) in [6.07, 6.45) is 4.64. The van der Waals surface area contributed by atoms with Crippen LogP contribution in [-0.2, 0) is 0 Å². The number of carbonyl (C=O) groups is 2. The molecular formula is C22H13F2N5O2. The summed E-state index contributed by atoms with van der Waals surface area (Å²) < 4.78 is 29.1. The Bertz CT molecular complexity index is 1520. The summed E-state index contributed by atoms with van der Waals surface area (Å²) in [5.74, 6) is -4.40. The number of rotatable bonds is 4. The molecule has 0 spiro atoms. The Balaban J connectivity index is 1.68. The number of halogens is 2. The van der Waals surface area contributed by atoms with Gasteiger partial charge in [-0.05, 0) is 29.8 Å². The number of pyridine rings is 1. The summed E-state index contributed by atoms with van der Waals surface area (Å²) in [4.78, 5) is 31.7. The molecule has 3 heterocycles. The average molecular weight is 417 g/mol. The van der Waals surface area contributed by atoms with Gasteiger partial charge in [0.25, 0.3) is 5.91 Å². The SMILES string of the molecule is NC(=O)c1ccc(F)c(C(=O)c2c[nH]c3ncc(-c4cccc5[nH]ncc45)cc23)c1F. The van der Waals surface area contributed by atoms with E-state index in [2.05, 4.69) is 20.2 Å². The van der Waals surface area contributed by atoms with Gasteiger partial charge in [0.1, 0.15) is 17.3 Å². The van der Waals surface area contributed by atoms with Gasteiger partial charge in [-0.25, -0.2) is 13.8 Å². The Kier molecular flexibility index (Phi) is 4.11.